The van der Waals surface area contributed by atoms with Crippen LogP contribution in [0.3, 0.4) is 0 Å². The first-order valence-electron chi connectivity index (χ1n) is 4.67. The van der Waals surface area contributed by atoms with Gasteiger partial charge >= 0.3 is 0 Å². The van der Waals surface area contributed by atoms with Crippen molar-refractivity contribution in [2.45, 2.75) is 0 Å². The van der Waals surface area contributed by atoms with Crippen LogP contribution in [0.15, 0.2) is 36.5 Å². The maximum absolute atomic E-state index is 13.0. The number of methoxy groups -OCH3 is 1. The molecule has 0 bridgehead atoms. The molecule has 0 aliphatic heterocycles. The van der Waals surface area contributed by atoms with E-state index < -0.39 is 5.82 Å². The van der Waals surface area contributed by atoms with Crippen molar-refractivity contribution in [1.29, 1.82) is 0 Å². The minimum Gasteiger partial charge on any atom is -0.494 e. The minimum atomic E-state index is -0.444. The molecule has 0 aliphatic carbocycles. The Morgan fingerprint density at radius 2 is 2.12 bits per heavy atom. The highest BCUT2D eigenvalue weighted by Gasteiger charge is 2.08. The SMILES string of the molecule is COc1cccnc1-c1ccc(F)c(Cl)c1. The Labute approximate surface area is 97.7 Å². The van der Waals surface area contributed by atoms with Gasteiger partial charge in [-0.05, 0) is 30.3 Å². The summed E-state index contributed by atoms with van der Waals surface area (Å²) < 4.78 is 18.2. The number of benzene rings is 1. The van der Waals surface area contributed by atoms with Crippen LogP contribution in [-0.2, 0) is 0 Å². The molecule has 1 aromatic carbocycles. The zero-order valence-electron chi connectivity index (χ0n) is 8.58. The van der Waals surface area contributed by atoms with E-state index in [1.807, 2.05) is 0 Å². The first-order valence-corrected chi connectivity index (χ1v) is 5.04. The van der Waals surface area contributed by atoms with Gasteiger partial charge in [0.25, 0.3) is 0 Å². The topological polar surface area (TPSA) is 22.1 Å². The summed E-state index contributed by atoms with van der Waals surface area (Å²) in [4.78, 5) is 4.18. The van der Waals surface area contributed by atoms with Crippen LogP contribution in [0, 0.1) is 5.82 Å². The molecule has 0 unspecified atom stereocenters. The van der Waals surface area contributed by atoms with Gasteiger partial charge < -0.3 is 4.74 Å². The Bertz CT molecular complexity index is 516. The number of hydrogen-bond donors (Lipinski definition) is 0. The monoisotopic (exact) mass is 237 g/mol. The fourth-order valence-corrected chi connectivity index (χ4v) is 1.60. The van der Waals surface area contributed by atoms with Gasteiger partial charge in [-0.15, -0.1) is 0 Å². The predicted octanol–water partition coefficient (Wildman–Crippen LogP) is 3.55. The summed E-state index contributed by atoms with van der Waals surface area (Å²) >= 11 is 5.72. The first-order chi connectivity index (χ1) is 7.72. The van der Waals surface area contributed by atoms with E-state index in [1.54, 1.807) is 31.5 Å². The van der Waals surface area contributed by atoms with Crippen molar-refractivity contribution in [2.75, 3.05) is 7.11 Å². The van der Waals surface area contributed by atoms with Gasteiger partial charge in [0.1, 0.15) is 17.3 Å². The molecule has 0 saturated heterocycles. The van der Waals surface area contributed by atoms with E-state index in [2.05, 4.69) is 4.98 Å². The molecule has 4 heteroatoms. The predicted molar refractivity (Wildman–Crippen MR) is 61.2 cm³/mol. The van der Waals surface area contributed by atoms with Crippen LogP contribution in [0.5, 0.6) is 5.75 Å². The van der Waals surface area contributed by atoms with Crippen LogP contribution in [0.1, 0.15) is 0 Å². The number of nitrogens with zero attached hydrogens (tertiary/aromatic N) is 1. The largest absolute Gasteiger partial charge is 0.494 e. The fraction of sp³-hybridized carbons (Fsp3) is 0.0833. The molecule has 16 heavy (non-hydrogen) atoms. The van der Waals surface area contributed by atoms with Gasteiger partial charge in [0.2, 0.25) is 0 Å². The number of pyridine rings is 1. The molecule has 0 N–H and O–H groups in total. The van der Waals surface area contributed by atoms with Crippen LogP contribution >= 0.6 is 11.6 Å². The van der Waals surface area contributed by atoms with Crippen molar-refractivity contribution in [3.05, 3.63) is 47.4 Å². The second-order valence-electron chi connectivity index (χ2n) is 3.18. The second-order valence-corrected chi connectivity index (χ2v) is 3.59. The van der Waals surface area contributed by atoms with Gasteiger partial charge in [-0.1, -0.05) is 11.6 Å². The molecule has 0 atom stereocenters. The van der Waals surface area contributed by atoms with Crippen LogP contribution in [-0.4, -0.2) is 12.1 Å². The second kappa shape index (κ2) is 4.49. The van der Waals surface area contributed by atoms with Gasteiger partial charge in [-0.3, -0.25) is 4.98 Å². The molecule has 0 aliphatic rings. The highest BCUT2D eigenvalue weighted by Crippen LogP contribution is 2.29. The molecule has 0 radical (unpaired) electrons. The zero-order valence-corrected chi connectivity index (χ0v) is 9.33. The maximum atomic E-state index is 13.0. The van der Waals surface area contributed by atoms with Crippen molar-refractivity contribution in [3.63, 3.8) is 0 Å². The molecule has 1 aromatic heterocycles. The summed E-state index contributed by atoms with van der Waals surface area (Å²) in [5, 5.41) is 0.0743. The highest BCUT2D eigenvalue weighted by atomic mass is 35.5. The molecule has 1 heterocycles. The lowest BCUT2D eigenvalue weighted by Crippen LogP contribution is -1.91. The smallest absolute Gasteiger partial charge is 0.145 e. The molecular weight excluding hydrogens is 229 g/mol. The van der Waals surface area contributed by atoms with E-state index in [4.69, 9.17) is 16.3 Å². The molecule has 0 amide bonds. The Morgan fingerprint density at radius 3 is 2.81 bits per heavy atom. The summed E-state index contributed by atoms with van der Waals surface area (Å²) in [5.41, 5.74) is 1.37. The molecule has 0 saturated carbocycles. The van der Waals surface area contributed by atoms with Gasteiger partial charge in [0, 0.05) is 11.8 Å². The van der Waals surface area contributed by atoms with Crippen LogP contribution in [0.2, 0.25) is 5.02 Å². The lowest BCUT2D eigenvalue weighted by Gasteiger charge is -2.07. The normalized spacial score (nSPS) is 10.2. The van der Waals surface area contributed by atoms with Gasteiger partial charge in [0.15, 0.2) is 0 Å². The van der Waals surface area contributed by atoms with Crippen LogP contribution < -0.4 is 4.74 Å². The van der Waals surface area contributed by atoms with E-state index in [-0.39, 0.29) is 5.02 Å². The highest BCUT2D eigenvalue weighted by molar-refractivity contribution is 6.31. The quantitative estimate of drug-likeness (QED) is 0.797. The lowest BCUT2D eigenvalue weighted by atomic mass is 10.1. The molecule has 2 aromatic rings. The Hall–Kier alpha value is -1.61. The Morgan fingerprint density at radius 1 is 1.31 bits per heavy atom. The Kier molecular flexibility index (Phi) is 3.06. The summed E-state index contributed by atoms with van der Waals surface area (Å²) in [6, 6.07) is 8.02. The first kappa shape index (κ1) is 10.9. The van der Waals surface area contributed by atoms with E-state index in [9.17, 15) is 4.39 Å². The van der Waals surface area contributed by atoms with E-state index in [1.165, 1.54) is 12.1 Å². The lowest BCUT2D eigenvalue weighted by molar-refractivity contribution is 0.415. The number of hydrogen-bond acceptors (Lipinski definition) is 2. The number of aromatic nitrogens is 1. The summed E-state index contributed by atoms with van der Waals surface area (Å²) in [6.07, 6.45) is 1.65. The third-order valence-corrected chi connectivity index (χ3v) is 2.47. The number of rotatable bonds is 2. The molecular formula is C12H9ClFNO. The summed E-state index contributed by atoms with van der Waals surface area (Å²) in [6.45, 7) is 0. The van der Waals surface area contributed by atoms with E-state index in [0.717, 1.165) is 5.56 Å². The summed E-state index contributed by atoms with van der Waals surface area (Å²) in [7, 11) is 1.56. The standard InChI is InChI=1S/C12H9ClFNO/c1-16-11-3-2-6-15-12(11)8-4-5-10(14)9(13)7-8/h2-7H,1H3. The van der Waals surface area contributed by atoms with Crippen LogP contribution in [0.4, 0.5) is 4.39 Å². The average Bonchev–Trinajstić information content (AvgIpc) is 2.32. The van der Waals surface area contributed by atoms with Gasteiger partial charge in [-0.2, -0.15) is 0 Å². The third kappa shape index (κ3) is 1.99. The van der Waals surface area contributed by atoms with E-state index in [0.29, 0.717) is 11.4 Å². The maximum Gasteiger partial charge on any atom is 0.145 e. The van der Waals surface area contributed by atoms with E-state index >= 15 is 0 Å². The molecule has 82 valence electrons. The van der Waals surface area contributed by atoms with Crippen molar-refractivity contribution in [2.24, 2.45) is 0 Å². The Balaban J connectivity index is 2.54. The van der Waals surface area contributed by atoms with Crippen molar-refractivity contribution in [3.8, 4) is 17.0 Å². The molecule has 2 nitrogen and oxygen atoms in total. The fourth-order valence-electron chi connectivity index (χ4n) is 1.42. The van der Waals surface area contributed by atoms with Crippen molar-refractivity contribution >= 4 is 11.6 Å². The average molecular weight is 238 g/mol. The molecule has 0 fully saturated rings. The molecule has 0 spiro atoms. The van der Waals surface area contributed by atoms with Gasteiger partial charge in [0.05, 0.1) is 12.1 Å². The third-order valence-electron chi connectivity index (χ3n) is 2.18. The van der Waals surface area contributed by atoms with Gasteiger partial charge in [-0.25, -0.2) is 4.39 Å². The molecule has 2 rings (SSSR count). The van der Waals surface area contributed by atoms with Crippen molar-refractivity contribution < 1.29 is 9.13 Å². The minimum absolute atomic E-state index is 0.0743. The zero-order chi connectivity index (χ0) is 11.5. The summed E-state index contributed by atoms with van der Waals surface area (Å²) in [5.74, 6) is 0.186. The number of halogens is 2. The van der Waals surface area contributed by atoms with Crippen LogP contribution in [0.25, 0.3) is 11.3 Å². The van der Waals surface area contributed by atoms with Crippen molar-refractivity contribution in [1.82, 2.24) is 4.98 Å². The number of ether oxygens (including phenoxy) is 1.